The van der Waals surface area contributed by atoms with Crippen LogP contribution in [0, 0.1) is 5.41 Å². The van der Waals surface area contributed by atoms with Crippen LogP contribution in [0.2, 0.25) is 0 Å². The first-order valence-corrected chi connectivity index (χ1v) is 9.61. The lowest BCUT2D eigenvalue weighted by molar-refractivity contribution is -0.129. The Morgan fingerprint density at radius 3 is 2.85 bits per heavy atom. The average Bonchev–Trinajstić information content (AvgIpc) is 2.63. The van der Waals surface area contributed by atoms with Crippen LogP contribution in [0.3, 0.4) is 0 Å². The normalized spacial score (nSPS) is 25.2. The summed E-state index contributed by atoms with van der Waals surface area (Å²) in [4.78, 5) is 24.4. The second-order valence-electron chi connectivity index (χ2n) is 7.97. The van der Waals surface area contributed by atoms with Crippen molar-refractivity contribution in [3.05, 3.63) is 12.4 Å². The minimum atomic E-state index is 0.0721. The molecule has 2 atom stereocenters. The van der Waals surface area contributed by atoms with Crippen LogP contribution < -0.4 is 10.2 Å². The van der Waals surface area contributed by atoms with Gasteiger partial charge in [0.2, 0.25) is 5.91 Å². The maximum atomic E-state index is 11.9. The van der Waals surface area contributed by atoms with Gasteiger partial charge in [0.05, 0.1) is 12.6 Å². The van der Waals surface area contributed by atoms with Crippen molar-refractivity contribution in [3.63, 3.8) is 0 Å². The Labute approximate surface area is 156 Å². The Balaban J connectivity index is 1.59. The molecule has 2 aliphatic rings. The fraction of sp³-hybridized carbons (Fsp3) is 0.737. The first-order valence-electron chi connectivity index (χ1n) is 9.61. The number of rotatable bonds is 7. The lowest BCUT2D eigenvalue weighted by atomic mass is 9.64. The van der Waals surface area contributed by atoms with E-state index in [1.165, 1.54) is 0 Å². The zero-order chi connectivity index (χ0) is 18.7. The Hall–Kier alpha value is -1.89. The topological polar surface area (TPSA) is 70.6 Å². The number of unbranched alkanes of at least 4 members (excludes halogenated alkanes) is 1. The number of nitrogens with one attached hydrogen (secondary N) is 1. The summed E-state index contributed by atoms with van der Waals surface area (Å²) < 4.78 is 6.02. The van der Waals surface area contributed by atoms with Crippen LogP contribution in [0.1, 0.15) is 40.0 Å². The Morgan fingerprint density at radius 1 is 1.35 bits per heavy atom. The standard InChI is InChI=1S/C19H31N5O2/c1-5-6-9-26-15-10-14(19(15,2)3)22-16-11-17(21-13-20-16)24-8-7-23(4)18(25)12-24/h11,13-15H,5-10,12H2,1-4H3,(H,20,21,22). The van der Waals surface area contributed by atoms with E-state index in [-0.39, 0.29) is 11.3 Å². The van der Waals surface area contributed by atoms with E-state index in [4.69, 9.17) is 4.74 Å². The Morgan fingerprint density at radius 2 is 2.15 bits per heavy atom. The molecule has 1 aliphatic carbocycles. The number of nitrogens with zero attached hydrogens (tertiary/aromatic N) is 4. The molecule has 1 saturated carbocycles. The molecule has 144 valence electrons. The van der Waals surface area contributed by atoms with Gasteiger partial charge in [-0.2, -0.15) is 0 Å². The van der Waals surface area contributed by atoms with Crippen molar-refractivity contribution in [1.29, 1.82) is 0 Å². The molecule has 0 radical (unpaired) electrons. The maximum Gasteiger partial charge on any atom is 0.241 e. The number of anilines is 2. The molecule has 0 bridgehead atoms. The number of carbonyl (C=O) groups is 1. The zero-order valence-corrected chi connectivity index (χ0v) is 16.4. The van der Waals surface area contributed by atoms with Crippen molar-refractivity contribution in [1.82, 2.24) is 14.9 Å². The highest BCUT2D eigenvalue weighted by Gasteiger charge is 2.49. The predicted octanol–water partition coefficient (Wildman–Crippen LogP) is 2.15. The van der Waals surface area contributed by atoms with E-state index < -0.39 is 0 Å². The number of carbonyl (C=O) groups excluding carboxylic acids is 1. The molecule has 1 saturated heterocycles. The SMILES string of the molecule is CCCCOC1CC(Nc2cc(N3CCN(C)C(=O)C3)ncn2)C1(C)C. The first kappa shape index (κ1) is 18.9. The lowest BCUT2D eigenvalue weighted by Crippen LogP contribution is -2.58. The average molecular weight is 361 g/mol. The molecule has 26 heavy (non-hydrogen) atoms. The molecule has 2 fully saturated rings. The summed E-state index contributed by atoms with van der Waals surface area (Å²) in [6.45, 7) is 9.39. The monoisotopic (exact) mass is 361 g/mol. The van der Waals surface area contributed by atoms with Crippen molar-refractivity contribution >= 4 is 17.5 Å². The van der Waals surface area contributed by atoms with Gasteiger partial charge in [-0.25, -0.2) is 9.97 Å². The number of ether oxygens (including phenoxy) is 1. The van der Waals surface area contributed by atoms with Gasteiger partial charge in [-0.15, -0.1) is 0 Å². The van der Waals surface area contributed by atoms with Crippen molar-refractivity contribution in [3.8, 4) is 0 Å². The molecule has 2 heterocycles. The van der Waals surface area contributed by atoms with Crippen LogP contribution in [-0.4, -0.2) is 66.2 Å². The fourth-order valence-corrected chi connectivity index (χ4v) is 3.51. The number of hydrogen-bond donors (Lipinski definition) is 1. The van der Waals surface area contributed by atoms with Gasteiger partial charge in [0, 0.05) is 44.3 Å². The van der Waals surface area contributed by atoms with E-state index in [1.54, 1.807) is 11.2 Å². The molecule has 7 heteroatoms. The Kier molecular flexibility index (Phi) is 5.65. The van der Waals surface area contributed by atoms with Gasteiger partial charge in [-0.05, 0) is 12.8 Å². The molecule has 0 spiro atoms. The quantitative estimate of drug-likeness (QED) is 0.751. The van der Waals surface area contributed by atoms with Crippen molar-refractivity contribution in [2.24, 2.45) is 5.41 Å². The van der Waals surface area contributed by atoms with Crippen LogP contribution in [0.25, 0.3) is 0 Å². The third-order valence-electron chi connectivity index (χ3n) is 5.75. The highest BCUT2D eigenvalue weighted by atomic mass is 16.5. The minimum absolute atomic E-state index is 0.0721. The summed E-state index contributed by atoms with van der Waals surface area (Å²) in [6.07, 6.45) is 5.13. The van der Waals surface area contributed by atoms with E-state index in [0.29, 0.717) is 18.7 Å². The number of hydrogen-bond acceptors (Lipinski definition) is 6. The Bertz CT molecular complexity index is 636. The van der Waals surface area contributed by atoms with E-state index in [2.05, 4.69) is 36.1 Å². The molecule has 2 unspecified atom stereocenters. The number of piperazine rings is 1. The molecular weight excluding hydrogens is 330 g/mol. The fourth-order valence-electron chi connectivity index (χ4n) is 3.51. The molecule has 1 aromatic rings. The van der Waals surface area contributed by atoms with Crippen molar-refractivity contribution in [2.75, 3.05) is 43.5 Å². The summed E-state index contributed by atoms with van der Waals surface area (Å²) in [7, 11) is 1.84. The third-order valence-corrected chi connectivity index (χ3v) is 5.75. The van der Waals surface area contributed by atoms with Gasteiger partial charge >= 0.3 is 0 Å². The highest BCUT2D eigenvalue weighted by Crippen LogP contribution is 2.44. The minimum Gasteiger partial charge on any atom is -0.378 e. The molecule has 1 N–H and O–H groups in total. The molecule has 3 rings (SSSR count). The molecule has 1 aliphatic heterocycles. The summed E-state index contributed by atoms with van der Waals surface area (Å²) in [5.74, 6) is 1.74. The van der Waals surface area contributed by atoms with E-state index in [0.717, 1.165) is 50.6 Å². The van der Waals surface area contributed by atoms with Crippen LogP contribution >= 0.6 is 0 Å². The lowest BCUT2D eigenvalue weighted by Gasteiger charge is -2.52. The number of amides is 1. The van der Waals surface area contributed by atoms with E-state index >= 15 is 0 Å². The van der Waals surface area contributed by atoms with Crippen LogP contribution in [0.15, 0.2) is 12.4 Å². The summed E-state index contributed by atoms with van der Waals surface area (Å²) in [5.41, 5.74) is 0.0721. The smallest absolute Gasteiger partial charge is 0.241 e. The van der Waals surface area contributed by atoms with Gasteiger partial charge in [-0.3, -0.25) is 4.79 Å². The van der Waals surface area contributed by atoms with E-state index in [1.807, 2.05) is 18.0 Å². The molecule has 1 aromatic heterocycles. The first-order chi connectivity index (χ1) is 12.4. The van der Waals surface area contributed by atoms with Gasteiger partial charge in [0.15, 0.2) is 0 Å². The van der Waals surface area contributed by atoms with Gasteiger partial charge in [0.25, 0.3) is 0 Å². The van der Waals surface area contributed by atoms with Gasteiger partial charge in [-0.1, -0.05) is 27.2 Å². The zero-order valence-electron chi connectivity index (χ0n) is 16.4. The highest BCUT2D eigenvalue weighted by molar-refractivity contribution is 5.82. The van der Waals surface area contributed by atoms with Crippen molar-refractivity contribution in [2.45, 2.75) is 52.2 Å². The molecular formula is C19H31N5O2. The maximum absolute atomic E-state index is 11.9. The van der Waals surface area contributed by atoms with Gasteiger partial charge < -0.3 is 19.9 Å². The molecule has 7 nitrogen and oxygen atoms in total. The van der Waals surface area contributed by atoms with Crippen molar-refractivity contribution < 1.29 is 9.53 Å². The summed E-state index contributed by atoms with van der Waals surface area (Å²) >= 11 is 0. The summed E-state index contributed by atoms with van der Waals surface area (Å²) in [6, 6.07) is 2.27. The number of likely N-dealkylation sites (N-methyl/N-ethyl adjacent to an activating group) is 1. The third kappa shape index (κ3) is 3.92. The predicted molar refractivity (Wildman–Crippen MR) is 102 cm³/mol. The largest absolute Gasteiger partial charge is 0.378 e. The van der Waals surface area contributed by atoms with Crippen LogP contribution in [0.4, 0.5) is 11.6 Å². The second kappa shape index (κ2) is 7.78. The van der Waals surface area contributed by atoms with Gasteiger partial charge in [0.1, 0.15) is 18.0 Å². The number of aromatic nitrogens is 2. The van der Waals surface area contributed by atoms with E-state index in [9.17, 15) is 4.79 Å². The molecule has 1 amide bonds. The van der Waals surface area contributed by atoms with Crippen LogP contribution in [-0.2, 0) is 9.53 Å². The second-order valence-corrected chi connectivity index (χ2v) is 7.97. The summed E-state index contributed by atoms with van der Waals surface area (Å²) in [5, 5.41) is 3.54. The van der Waals surface area contributed by atoms with Crippen LogP contribution in [0.5, 0.6) is 0 Å². The molecule has 0 aromatic carbocycles.